The van der Waals surface area contributed by atoms with Crippen LogP contribution in [0.1, 0.15) is 24.1 Å². The summed E-state index contributed by atoms with van der Waals surface area (Å²) in [5, 5.41) is 2.93. The molecule has 0 fully saturated rings. The van der Waals surface area contributed by atoms with E-state index >= 15 is 0 Å². The lowest BCUT2D eigenvalue weighted by molar-refractivity contribution is -0.117. The van der Waals surface area contributed by atoms with Gasteiger partial charge in [-0.05, 0) is 31.2 Å². The summed E-state index contributed by atoms with van der Waals surface area (Å²) in [4.78, 5) is 12.3. The van der Waals surface area contributed by atoms with Crippen LogP contribution >= 0.6 is 0 Å². The Morgan fingerprint density at radius 3 is 2.19 bits per heavy atom. The predicted molar refractivity (Wildman–Crippen MR) is 105 cm³/mol. The first kappa shape index (κ1) is 20.2. The van der Waals surface area contributed by atoms with E-state index in [1.54, 1.807) is 39.5 Å². The number of methoxy groups -OCH3 is 4. The number of hydrogen-bond acceptors (Lipinski definition) is 5. The van der Waals surface area contributed by atoms with Gasteiger partial charge in [0.15, 0.2) is 11.5 Å². The minimum absolute atomic E-state index is 0.203. The Morgan fingerprint density at radius 2 is 1.56 bits per heavy atom. The molecule has 0 aliphatic heterocycles. The highest BCUT2D eigenvalue weighted by Crippen LogP contribution is 2.40. The predicted octanol–water partition coefficient (Wildman–Crippen LogP) is 3.61. The van der Waals surface area contributed by atoms with Gasteiger partial charge in [-0.1, -0.05) is 18.2 Å². The van der Waals surface area contributed by atoms with Crippen molar-refractivity contribution >= 4 is 12.0 Å². The number of para-hydroxylation sites is 1. The second-order valence-electron chi connectivity index (χ2n) is 5.73. The maximum atomic E-state index is 12.3. The molecule has 1 N–H and O–H groups in total. The van der Waals surface area contributed by atoms with Crippen molar-refractivity contribution in [2.45, 2.75) is 13.0 Å². The molecule has 1 amide bonds. The largest absolute Gasteiger partial charge is 0.496 e. The van der Waals surface area contributed by atoms with E-state index in [-0.39, 0.29) is 11.9 Å². The summed E-state index contributed by atoms with van der Waals surface area (Å²) >= 11 is 0. The summed E-state index contributed by atoms with van der Waals surface area (Å²) in [5.41, 5.74) is 1.61. The van der Waals surface area contributed by atoms with Crippen molar-refractivity contribution in [1.29, 1.82) is 0 Å². The zero-order valence-corrected chi connectivity index (χ0v) is 16.2. The number of carbonyl (C=O) groups excluding carboxylic acids is 1. The molecule has 2 rings (SSSR count). The van der Waals surface area contributed by atoms with Crippen LogP contribution in [0.5, 0.6) is 23.0 Å². The van der Waals surface area contributed by atoms with Gasteiger partial charge in [-0.2, -0.15) is 0 Å². The Labute approximate surface area is 159 Å². The molecule has 0 aromatic heterocycles. The standard InChI is InChI=1S/C21H25NO5/c1-14(16-8-6-7-9-17(16)24-2)22-19(23)13-11-15-10-12-18(25-3)21(27-5)20(15)26-4/h6-14H,1-5H3,(H,22,23)/b13-11+/t14-/m1/s1. The molecule has 27 heavy (non-hydrogen) atoms. The average Bonchev–Trinajstić information content (AvgIpc) is 2.70. The lowest BCUT2D eigenvalue weighted by Crippen LogP contribution is -2.24. The fourth-order valence-corrected chi connectivity index (χ4v) is 2.78. The molecule has 2 aromatic rings. The van der Waals surface area contributed by atoms with Gasteiger partial charge < -0.3 is 24.3 Å². The van der Waals surface area contributed by atoms with E-state index in [0.29, 0.717) is 22.8 Å². The molecule has 6 nitrogen and oxygen atoms in total. The van der Waals surface area contributed by atoms with Crippen LogP contribution in [-0.4, -0.2) is 34.3 Å². The maximum absolute atomic E-state index is 12.3. The van der Waals surface area contributed by atoms with Gasteiger partial charge in [-0.25, -0.2) is 0 Å². The Balaban J connectivity index is 2.17. The molecular formula is C21H25NO5. The van der Waals surface area contributed by atoms with Crippen molar-refractivity contribution in [3.8, 4) is 23.0 Å². The Hall–Kier alpha value is -3.15. The van der Waals surface area contributed by atoms with Crippen molar-refractivity contribution in [2.24, 2.45) is 0 Å². The highest BCUT2D eigenvalue weighted by Gasteiger charge is 2.15. The molecule has 0 saturated heterocycles. The summed E-state index contributed by atoms with van der Waals surface area (Å²) in [5.74, 6) is 2.03. The maximum Gasteiger partial charge on any atom is 0.244 e. The number of benzene rings is 2. The molecule has 0 unspecified atom stereocenters. The molecule has 0 aliphatic carbocycles. The molecule has 0 saturated carbocycles. The highest BCUT2D eigenvalue weighted by molar-refractivity contribution is 5.92. The van der Waals surface area contributed by atoms with Crippen LogP contribution < -0.4 is 24.3 Å². The van der Waals surface area contributed by atoms with Gasteiger partial charge in [0.1, 0.15) is 5.75 Å². The van der Waals surface area contributed by atoms with Crippen molar-refractivity contribution in [3.05, 3.63) is 53.6 Å². The third-order valence-corrected chi connectivity index (χ3v) is 4.11. The first-order chi connectivity index (χ1) is 13.0. The zero-order valence-electron chi connectivity index (χ0n) is 16.2. The molecular weight excluding hydrogens is 346 g/mol. The monoisotopic (exact) mass is 371 g/mol. The van der Waals surface area contributed by atoms with Crippen LogP contribution in [0.25, 0.3) is 6.08 Å². The van der Waals surface area contributed by atoms with Gasteiger partial charge in [0.2, 0.25) is 11.7 Å². The van der Waals surface area contributed by atoms with Crippen LogP contribution in [0.3, 0.4) is 0 Å². The van der Waals surface area contributed by atoms with Crippen molar-refractivity contribution in [1.82, 2.24) is 5.32 Å². The molecule has 0 spiro atoms. The molecule has 0 heterocycles. The molecule has 0 radical (unpaired) electrons. The minimum atomic E-state index is -0.231. The van der Waals surface area contributed by atoms with E-state index in [4.69, 9.17) is 18.9 Å². The van der Waals surface area contributed by atoms with Crippen LogP contribution in [-0.2, 0) is 4.79 Å². The quantitative estimate of drug-likeness (QED) is 0.718. The fourth-order valence-electron chi connectivity index (χ4n) is 2.78. The van der Waals surface area contributed by atoms with Crippen LogP contribution in [0.4, 0.5) is 0 Å². The Bertz CT molecular complexity index is 816. The van der Waals surface area contributed by atoms with E-state index in [2.05, 4.69) is 5.32 Å². The lowest BCUT2D eigenvalue weighted by Gasteiger charge is -2.16. The normalized spacial score (nSPS) is 11.7. The van der Waals surface area contributed by atoms with Gasteiger partial charge in [0.05, 0.1) is 34.5 Å². The molecule has 144 valence electrons. The number of rotatable bonds is 8. The van der Waals surface area contributed by atoms with Gasteiger partial charge in [0.25, 0.3) is 0 Å². The van der Waals surface area contributed by atoms with Gasteiger partial charge in [-0.15, -0.1) is 0 Å². The SMILES string of the molecule is COc1ccccc1[C@@H](C)NC(=O)/C=C/c1ccc(OC)c(OC)c1OC. The zero-order chi connectivity index (χ0) is 19.8. The minimum Gasteiger partial charge on any atom is -0.496 e. The first-order valence-electron chi connectivity index (χ1n) is 8.46. The third kappa shape index (κ3) is 4.73. The summed E-state index contributed by atoms with van der Waals surface area (Å²) in [6.45, 7) is 1.90. The van der Waals surface area contributed by atoms with E-state index < -0.39 is 0 Å². The topological polar surface area (TPSA) is 66.0 Å². The van der Waals surface area contributed by atoms with E-state index in [9.17, 15) is 4.79 Å². The average molecular weight is 371 g/mol. The number of amides is 1. The second kappa shape index (κ2) is 9.52. The second-order valence-corrected chi connectivity index (χ2v) is 5.73. The molecule has 2 aromatic carbocycles. The summed E-state index contributed by atoms with van der Waals surface area (Å²) in [6.07, 6.45) is 3.13. The highest BCUT2D eigenvalue weighted by atomic mass is 16.5. The van der Waals surface area contributed by atoms with E-state index in [0.717, 1.165) is 11.3 Å². The van der Waals surface area contributed by atoms with Gasteiger partial charge >= 0.3 is 0 Å². The lowest BCUT2D eigenvalue weighted by atomic mass is 10.1. The Kier molecular flexibility index (Phi) is 7.11. The van der Waals surface area contributed by atoms with Crippen molar-refractivity contribution in [2.75, 3.05) is 28.4 Å². The summed E-state index contributed by atoms with van der Waals surface area (Å²) < 4.78 is 21.4. The molecule has 6 heteroatoms. The van der Waals surface area contributed by atoms with Gasteiger partial charge in [-0.3, -0.25) is 4.79 Å². The number of ether oxygens (including phenoxy) is 4. The molecule has 0 bridgehead atoms. The third-order valence-electron chi connectivity index (χ3n) is 4.11. The number of carbonyl (C=O) groups is 1. The number of hydrogen-bond donors (Lipinski definition) is 1. The smallest absolute Gasteiger partial charge is 0.244 e. The van der Waals surface area contributed by atoms with Crippen molar-refractivity contribution in [3.63, 3.8) is 0 Å². The molecule has 1 atom stereocenters. The van der Waals surface area contributed by atoms with Crippen LogP contribution in [0.15, 0.2) is 42.5 Å². The first-order valence-corrected chi connectivity index (χ1v) is 8.46. The van der Waals surface area contributed by atoms with Crippen LogP contribution in [0.2, 0.25) is 0 Å². The summed E-state index contributed by atoms with van der Waals surface area (Å²) in [6, 6.07) is 10.9. The number of nitrogens with one attached hydrogen (secondary N) is 1. The van der Waals surface area contributed by atoms with Crippen molar-refractivity contribution < 1.29 is 23.7 Å². The van der Waals surface area contributed by atoms with E-state index in [1.165, 1.54) is 13.2 Å². The van der Waals surface area contributed by atoms with Gasteiger partial charge in [0, 0.05) is 17.2 Å². The fraction of sp³-hybridized carbons (Fsp3) is 0.286. The molecule has 0 aliphatic rings. The van der Waals surface area contributed by atoms with Crippen LogP contribution in [0, 0.1) is 0 Å². The van der Waals surface area contributed by atoms with E-state index in [1.807, 2.05) is 31.2 Å². The summed E-state index contributed by atoms with van der Waals surface area (Å²) in [7, 11) is 6.24. The Morgan fingerprint density at radius 1 is 0.889 bits per heavy atom.